The van der Waals surface area contributed by atoms with Crippen molar-refractivity contribution in [3.63, 3.8) is 0 Å². The van der Waals surface area contributed by atoms with Gasteiger partial charge in [-0.2, -0.15) is 0 Å². The Morgan fingerprint density at radius 3 is 2.47 bits per heavy atom. The second kappa shape index (κ2) is 15.6. The van der Waals surface area contributed by atoms with Crippen molar-refractivity contribution in [2.45, 2.75) is 100 Å². The SMILES string of the molecule is CP(C)(=O)NC(=O)[C@@]12CC1/C=C\CCCCC[C@H](NC(=O)OC1CCCC1)C(=O)N1C[C@H](Oc3nc4ccccc4nc3-c3cccs3)C[C@H]1C(=O)N2. The summed E-state index contributed by atoms with van der Waals surface area (Å²) in [4.78, 5) is 67.8. The average Bonchev–Trinajstić information content (AvgIpc) is 3.61. The summed E-state index contributed by atoms with van der Waals surface area (Å²) in [6, 6.07) is 9.38. The van der Waals surface area contributed by atoms with Gasteiger partial charge in [0.25, 0.3) is 5.91 Å². The lowest BCUT2D eigenvalue weighted by Crippen LogP contribution is -2.57. The molecule has 4 aliphatic rings. The molecule has 3 N–H and O–H groups in total. The number of carbonyl (C=O) groups excluding carboxylic acids is 4. The Bertz CT molecular complexity index is 1930. The number of fused-ring (bicyclic) bond motifs is 3. The molecule has 0 bridgehead atoms. The van der Waals surface area contributed by atoms with E-state index in [2.05, 4.69) is 15.7 Å². The van der Waals surface area contributed by atoms with Gasteiger partial charge in [-0.25, -0.2) is 14.8 Å². The van der Waals surface area contributed by atoms with Gasteiger partial charge >= 0.3 is 6.09 Å². The molecule has 282 valence electrons. The molecule has 2 saturated carbocycles. The molecule has 1 aromatic carbocycles. The van der Waals surface area contributed by atoms with Gasteiger partial charge in [-0.3, -0.25) is 14.4 Å². The van der Waals surface area contributed by atoms with Crippen LogP contribution in [-0.2, 0) is 23.7 Å². The molecule has 2 aliphatic heterocycles. The first-order valence-electron chi connectivity index (χ1n) is 18.6. The van der Waals surface area contributed by atoms with E-state index in [0.717, 1.165) is 49.8 Å². The Hall–Kier alpha value is -4.29. The molecule has 3 aromatic rings. The minimum absolute atomic E-state index is 0.0345. The summed E-state index contributed by atoms with van der Waals surface area (Å²) in [5, 5.41) is 10.4. The van der Waals surface area contributed by atoms with Crippen LogP contribution in [0.1, 0.15) is 70.6 Å². The molecule has 1 saturated heterocycles. The van der Waals surface area contributed by atoms with Crippen LogP contribution in [0.25, 0.3) is 21.6 Å². The Balaban J connectivity index is 1.20. The number of carbonyl (C=O) groups is 4. The quantitative estimate of drug-likeness (QED) is 0.199. The highest BCUT2D eigenvalue weighted by Gasteiger charge is 2.61. The lowest BCUT2D eigenvalue weighted by molar-refractivity contribution is -0.141. The molecule has 15 heteroatoms. The van der Waals surface area contributed by atoms with E-state index in [4.69, 9.17) is 19.4 Å². The summed E-state index contributed by atoms with van der Waals surface area (Å²) < 4.78 is 25.0. The van der Waals surface area contributed by atoms with Crippen molar-refractivity contribution in [3.8, 4) is 16.5 Å². The predicted molar refractivity (Wildman–Crippen MR) is 202 cm³/mol. The van der Waals surface area contributed by atoms with E-state index in [-0.39, 0.29) is 30.9 Å². The third kappa shape index (κ3) is 8.59. The summed E-state index contributed by atoms with van der Waals surface area (Å²) in [7, 11) is -2.98. The number of nitrogens with one attached hydrogen (secondary N) is 3. The van der Waals surface area contributed by atoms with Gasteiger partial charge in [0, 0.05) is 25.7 Å². The lowest BCUT2D eigenvalue weighted by Gasteiger charge is -2.30. The number of benzene rings is 1. The van der Waals surface area contributed by atoms with Crippen LogP contribution in [0.4, 0.5) is 4.79 Å². The Morgan fingerprint density at radius 1 is 0.981 bits per heavy atom. The zero-order valence-corrected chi connectivity index (χ0v) is 31.8. The van der Waals surface area contributed by atoms with Gasteiger partial charge in [0.15, 0.2) is 7.29 Å². The van der Waals surface area contributed by atoms with Crippen LogP contribution in [0.2, 0.25) is 0 Å². The van der Waals surface area contributed by atoms with Crippen molar-refractivity contribution in [1.82, 2.24) is 30.6 Å². The minimum Gasteiger partial charge on any atom is -0.471 e. The van der Waals surface area contributed by atoms with Crippen molar-refractivity contribution in [3.05, 3.63) is 53.9 Å². The van der Waals surface area contributed by atoms with Gasteiger partial charge in [0.05, 0.1) is 22.5 Å². The van der Waals surface area contributed by atoms with Crippen LogP contribution in [0.15, 0.2) is 53.9 Å². The van der Waals surface area contributed by atoms with Crippen molar-refractivity contribution < 1.29 is 33.2 Å². The van der Waals surface area contributed by atoms with E-state index >= 15 is 0 Å². The maximum absolute atomic E-state index is 14.6. The molecule has 13 nitrogen and oxygen atoms in total. The first-order valence-corrected chi connectivity index (χ1v) is 22.1. The van der Waals surface area contributed by atoms with Crippen LogP contribution >= 0.6 is 18.6 Å². The van der Waals surface area contributed by atoms with E-state index in [1.807, 2.05) is 53.9 Å². The van der Waals surface area contributed by atoms with Crippen LogP contribution in [0, 0.1) is 5.92 Å². The average molecular weight is 763 g/mol. The molecular weight excluding hydrogens is 715 g/mol. The maximum Gasteiger partial charge on any atom is 0.408 e. The topological polar surface area (TPSA) is 169 Å². The van der Waals surface area contributed by atoms with E-state index < -0.39 is 54.8 Å². The fraction of sp³-hybridized carbons (Fsp3) is 0.526. The zero-order valence-electron chi connectivity index (χ0n) is 30.1. The first kappa shape index (κ1) is 37.0. The van der Waals surface area contributed by atoms with Crippen LogP contribution in [0.3, 0.4) is 0 Å². The molecule has 3 fully saturated rings. The summed E-state index contributed by atoms with van der Waals surface area (Å²) in [5.41, 5.74) is 0.595. The van der Waals surface area contributed by atoms with Crippen molar-refractivity contribution >= 4 is 53.5 Å². The van der Waals surface area contributed by atoms with Crippen molar-refractivity contribution in [2.75, 3.05) is 19.9 Å². The molecule has 1 unspecified atom stereocenters. The predicted octanol–water partition coefficient (Wildman–Crippen LogP) is 5.79. The lowest BCUT2D eigenvalue weighted by atomic mass is 10.0. The Labute approximate surface area is 313 Å². The number of allylic oxidation sites excluding steroid dienone is 1. The number of alkyl carbamates (subject to hydrolysis) is 1. The molecular formula is C38H47N6O7PS. The van der Waals surface area contributed by atoms with Gasteiger partial charge in [-0.05, 0) is 74.9 Å². The number of rotatable bonds is 7. The van der Waals surface area contributed by atoms with E-state index in [0.29, 0.717) is 36.0 Å². The van der Waals surface area contributed by atoms with Crippen molar-refractivity contribution in [1.29, 1.82) is 0 Å². The van der Waals surface area contributed by atoms with E-state index in [9.17, 15) is 23.7 Å². The summed E-state index contributed by atoms with van der Waals surface area (Å²) in [5.74, 6) is -1.47. The highest BCUT2D eigenvalue weighted by Crippen LogP contribution is 2.47. The normalized spacial score (nSPS) is 27.5. The molecule has 0 spiro atoms. The fourth-order valence-corrected chi connectivity index (χ4v) is 9.04. The molecule has 4 heterocycles. The Morgan fingerprint density at radius 2 is 1.74 bits per heavy atom. The number of ether oxygens (including phenoxy) is 2. The molecule has 2 aliphatic carbocycles. The fourth-order valence-electron chi connectivity index (χ4n) is 7.64. The third-order valence-corrected chi connectivity index (χ3v) is 12.1. The van der Waals surface area contributed by atoms with Gasteiger partial charge in [-0.1, -0.05) is 43.2 Å². The summed E-state index contributed by atoms with van der Waals surface area (Å²) in [6.07, 6.45) is 9.96. The third-order valence-electron chi connectivity index (χ3n) is 10.5. The molecule has 7 rings (SSSR count). The van der Waals surface area contributed by atoms with Gasteiger partial charge in [-0.15, -0.1) is 11.3 Å². The largest absolute Gasteiger partial charge is 0.471 e. The number of thiophene rings is 1. The molecule has 0 radical (unpaired) electrons. The number of para-hydroxylation sites is 2. The van der Waals surface area contributed by atoms with Crippen LogP contribution in [-0.4, -0.2) is 88.4 Å². The smallest absolute Gasteiger partial charge is 0.408 e. The highest BCUT2D eigenvalue weighted by atomic mass is 32.1. The summed E-state index contributed by atoms with van der Waals surface area (Å²) in [6.45, 7) is 2.97. The molecule has 2 aromatic heterocycles. The molecule has 5 atom stereocenters. The zero-order chi connectivity index (χ0) is 37.2. The number of hydrogen-bond acceptors (Lipinski definition) is 10. The minimum atomic E-state index is -2.98. The van der Waals surface area contributed by atoms with Crippen molar-refractivity contribution in [2.24, 2.45) is 5.92 Å². The highest BCUT2D eigenvalue weighted by molar-refractivity contribution is 7.61. The van der Waals surface area contributed by atoms with Crippen LogP contribution < -0.4 is 20.5 Å². The number of aromatic nitrogens is 2. The standard InChI is InChI=1S/C38H47N6O7PS/c1-52(2,49)43-36(47)38-22-24(38)13-6-4-3-5-7-18-29(41-37(48)51-25-14-8-9-15-25)35(46)44-23-26(21-30(44)33(45)42-38)50-34-32(31-19-12-20-53-31)39-27-16-10-11-17-28(27)40-34/h6,10-13,16-17,19-20,24-26,29-30H,3-5,7-9,14-15,18,21-23H2,1-2H3,(H,41,48)(H,42,45)(H,43,47,49)/b13-6-/t24?,26-,29+,30+,38-/m1/s1. The molecule has 53 heavy (non-hydrogen) atoms. The van der Waals surface area contributed by atoms with Gasteiger partial charge < -0.3 is 34.7 Å². The van der Waals surface area contributed by atoms with E-state index in [1.165, 1.54) is 29.6 Å². The van der Waals surface area contributed by atoms with E-state index in [1.54, 1.807) is 0 Å². The molecule has 4 amide bonds. The van der Waals surface area contributed by atoms with Crippen LogP contribution in [0.5, 0.6) is 5.88 Å². The second-order valence-corrected chi connectivity index (χ2v) is 18.8. The number of hydrogen-bond donors (Lipinski definition) is 3. The Kier molecular flexibility index (Phi) is 10.9. The second-order valence-electron chi connectivity index (χ2n) is 15.0. The first-order chi connectivity index (χ1) is 25.5. The maximum atomic E-state index is 14.6. The monoisotopic (exact) mass is 762 g/mol. The van der Waals surface area contributed by atoms with Gasteiger partial charge in [0.1, 0.15) is 35.5 Å². The number of nitrogens with zero attached hydrogens (tertiary/aromatic N) is 3. The number of amides is 4. The summed E-state index contributed by atoms with van der Waals surface area (Å²) >= 11 is 1.50. The van der Waals surface area contributed by atoms with Gasteiger partial charge in [0.2, 0.25) is 17.7 Å².